The molecule has 1 aromatic heterocycles. The topological polar surface area (TPSA) is 71.1 Å². The maximum absolute atomic E-state index is 13.5. The van der Waals surface area contributed by atoms with Crippen molar-refractivity contribution in [1.82, 2.24) is 9.88 Å². The molecule has 0 atom stereocenters. The monoisotopic (exact) mass is 844 g/mol. The van der Waals surface area contributed by atoms with E-state index in [-0.39, 0.29) is 34.7 Å². The SMILES string of the molecule is C[C-]=C/C=C\C=C(/C)NC(=S)N=Nc1c(O)n(Cc2ccccc2C(F)(F)F)c2ccc(OC(F)(F)F)cc12.[CH3-].[Lr]. The van der Waals surface area contributed by atoms with Gasteiger partial charge in [0.25, 0.3) is 0 Å². The van der Waals surface area contributed by atoms with Crippen LogP contribution in [0.1, 0.15) is 25.0 Å². The fourth-order valence-electron chi connectivity index (χ4n) is 3.55. The average molecular weight is 845 g/mol. The first-order valence-electron chi connectivity index (χ1n) is 11.1. The Morgan fingerprint density at radius 3 is 2.44 bits per heavy atom. The van der Waals surface area contributed by atoms with E-state index in [1.165, 1.54) is 24.3 Å². The Balaban J connectivity index is 0.00000420. The quantitative estimate of drug-likeness (QED) is 0.0823. The van der Waals surface area contributed by atoms with E-state index in [1.807, 2.05) is 0 Å². The molecule has 0 saturated heterocycles. The maximum atomic E-state index is 13.5. The number of hydrogen-bond donors (Lipinski definition) is 2. The molecule has 3 aromatic rings. The van der Waals surface area contributed by atoms with Gasteiger partial charge in [-0.25, -0.2) is 12.2 Å². The van der Waals surface area contributed by atoms with Gasteiger partial charge in [-0.3, -0.25) is 6.08 Å². The van der Waals surface area contributed by atoms with Crippen LogP contribution >= 0.6 is 12.2 Å². The van der Waals surface area contributed by atoms with Crippen LogP contribution < -0.4 is 10.1 Å². The van der Waals surface area contributed by atoms with Crippen molar-refractivity contribution in [1.29, 1.82) is 0 Å². The third kappa shape index (κ3) is 8.95. The number of azo groups is 1. The Kier molecular flexibility index (Phi) is 11.4. The Bertz CT molecular complexity index is 1480. The van der Waals surface area contributed by atoms with Gasteiger partial charge in [0.05, 0.1) is 17.6 Å². The first-order valence-corrected chi connectivity index (χ1v) is 11.5. The van der Waals surface area contributed by atoms with Crippen molar-refractivity contribution in [2.75, 3.05) is 0 Å². The van der Waals surface area contributed by atoms with Gasteiger partial charge >= 0.3 is 12.5 Å². The second-order valence-corrected chi connectivity index (χ2v) is 8.35. The molecule has 0 fully saturated rings. The number of rotatable bonds is 7. The van der Waals surface area contributed by atoms with Gasteiger partial charge in [-0.05, 0) is 49.0 Å². The Morgan fingerprint density at radius 2 is 1.80 bits per heavy atom. The zero-order valence-electron chi connectivity index (χ0n) is 21.7. The van der Waals surface area contributed by atoms with Crippen LogP contribution in [0.3, 0.4) is 0 Å². The Labute approximate surface area is 232 Å². The van der Waals surface area contributed by atoms with Crippen LogP contribution in [-0.4, -0.2) is 21.1 Å². The van der Waals surface area contributed by atoms with E-state index in [4.69, 9.17) is 12.2 Å². The van der Waals surface area contributed by atoms with Gasteiger partial charge in [0.2, 0.25) is 11.0 Å². The van der Waals surface area contributed by atoms with Gasteiger partial charge in [-0.15, -0.1) is 36.4 Å². The molecule has 6 nitrogen and oxygen atoms in total. The number of aromatic nitrogens is 1. The number of benzene rings is 2. The third-order valence-electron chi connectivity index (χ3n) is 5.13. The van der Waals surface area contributed by atoms with Gasteiger partial charge in [0, 0.05) is 11.1 Å². The summed E-state index contributed by atoms with van der Waals surface area (Å²) in [6.07, 6.45) is -0.0674. The number of aromatic hydroxyl groups is 1. The summed E-state index contributed by atoms with van der Waals surface area (Å²) in [5.74, 6) is -1.25. The predicted octanol–water partition coefficient (Wildman–Crippen LogP) is 8.56. The number of alkyl halides is 6. The predicted molar refractivity (Wildman–Crippen MR) is 144 cm³/mol. The van der Waals surface area contributed by atoms with Crippen LogP contribution in [0, 0.1) is 13.5 Å². The summed E-state index contributed by atoms with van der Waals surface area (Å²) in [6, 6.07) is 7.83. The molecule has 1 heterocycles. The summed E-state index contributed by atoms with van der Waals surface area (Å²) < 4.78 is 84.1. The van der Waals surface area contributed by atoms with Crippen molar-refractivity contribution in [2.45, 2.75) is 32.9 Å². The van der Waals surface area contributed by atoms with E-state index in [9.17, 15) is 31.4 Å². The molecule has 1 radical (unpaired) electrons. The summed E-state index contributed by atoms with van der Waals surface area (Å²) in [6.45, 7) is 2.95. The van der Waals surface area contributed by atoms with Crippen LogP contribution in [0.25, 0.3) is 10.9 Å². The molecule has 0 aliphatic heterocycles. The van der Waals surface area contributed by atoms with E-state index < -0.39 is 36.3 Å². The van der Waals surface area contributed by atoms with Crippen molar-refractivity contribution < 1.29 is 36.2 Å². The molecule has 0 bridgehead atoms. The molecular formula is C27H24F6LrN4O2S-2. The van der Waals surface area contributed by atoms with Crippen molar-refractivity contribution >= 4 is 33.9 Å². The van der Waals surface area contributed by atoms with Crippen LogP contribution in [0.5, 0.6) is 11.6 Å². The fourth-order valence-corrected chi connectivity index (χ4v) is 3.75. The van der Waals surface area contributed by atoms with Gasteiger partial charge in [0.1, 0.15) is 5.75 Å². The molecule has 229 valence electrons. The van der Waals surface area contributed by atoms with Crippen LogP contribution in [0.15, 0.2) is 82.7 Å². The largest absolute Gasteiger partial charge is 0.573 e. The van der Waals surface area contributed by atoms with Crippen molar-refractivity contribution in [2.24, 2.45) is 10.2 Å². The number of nitrogens with zero attached hydrogens (tertiary/aromatic N) is 3. The molecule has 0 spiro atoms. The number of ether oxygens (including phenoxy) is 1. The summed E-state index contributed by atoms with van der Waals surface area (Å²) in [7, 11) is 0. The molecule has 2 aromatic carbocycles. The molecule has 0 saturated carbocycles. The van der Waals surface area contributed by atoms with E-state index in [0.29, 0.717) is 5.70 Å². The van der Waals surface area contributed by atoms with E-state index >= 15 is 0 Å². The second kappa shape index (κ2) is 13.8. The number of hydrogen-bond acceptors (Lipinski definition) is 4. The molecule has 0 amide bonds. The maximum Gasteiger partial charge on any atom is 0.573 e. The van der Waals surface area contributed by atoms with Crippen LogP contribution in [0.2, 0.25) is 0 Å². The molecule has 2 N–H and O–H groups in total. The number of thiocarbonyl (C=S) groups is 1. The molecular weight excluding hydrogens is 820 g/mol. The van der Waals surface area contributed by atoms with Gasteiger partial charge in [-0.1, -0.05) is 24.3 Å². The fraction of sp³-hybridized carbons (Fsp3) is 0.185. The zero-order valence-corrected chi connectivity index (χ0v) is 24.7. The number of nitrogens with one attached hydrogen (secondary N) is 1. The third-order valence-corrected chi connectivity index (χ3v) is 5.32. The molecule has 0 aliphatic rings. The van der Waals surface area contributed by atoms with Gasteiger partial charge in [-0.2, -0.15) is 13.2 Å². The van der Waals surface area contributed by atoms with Gasteiger partial charge < -0.3 is 27.2 Å². The average Bonchev–Trinajstić information content (AvgIpc) is 3.09. The Morgan fingerprint density at radius 1 is 1.12 bits per heavy atom. The Hall–Kier alpha value is -5.13. The molecule has 14 heteroatoms. The van der Waals surface area contributed by atoms with Gasteiger partial charge in [0.15, 0.2) is 5.69 Å². The number of fused-ring (bicyclic) bond motifs is 1. The minimum absolute atomic E-state index is 0. The summed E-state index contributed by atoms with van der Waals surface area (Å²) in [5.41, 5.74) is -0.750. The summed E-state index contributed by atoms with van der Waals surface area (Å²) in [4.78, 5) is 0. The molecule has 0 unspecified atom stereocenters. The second-order valence-electron chi connectivity index (χ2n) is 7.96. The molecule has 3 rings (SSSR count). The van der Waals surface area contributed by atoms with Crippen molar-refractivity contribution in [3.05, 3.63) is 97.1 Å². The minimum atomic E-state index is -5.00. The van der Waals surface area contributed by atoms with Crippen LogP contribution in [-0.2, 0) is 12.7 Å². The van der Waals surface area contributed by atoms with Crippen molar-refractivity contribution in [3.8, 4) is 11.6 Å². The first kappa shape index (κ1) is 33.9. The number of halogens is 6. The van der Waals surface area contributed by atoms with E-state index in [1.54, 1.807) is 38.2 Å². The molecule has 0 aliphatic carbocycles. The standard InChI is InChI=1S/C26H21F6N4O2S.CH3.Lr/c1-3-4-5-6-9-16(2)33-24(39)35-34-22-19-14-18(38-26(30,31)32)12-13-21(19)36(23(22)37)15-17-10-7-8-11-20(17)25(27,28)29;;/h4-14,37H,15H2,1-2H3,(H,33,39);1H3;/q2*-1;/b6-5-,16-9+,35-34?;;. The summed E-state index contributed by atoms with van der Waals surface area (Å²) >= 11 is 5.12. The van der Waals surface area contributed by atoms with Crippen LogP contribution in [0.4, 0.5) is 32.0 Å². The van der Waals surface area contributed by atoms with Crippen molar-refractivity contribution in [3.63, 3.8) is 0 Å². The van der Waals surface area contributed by atoms with E-state index in [0.717, 1.165) is 22.8 Å². The number of allylic oxidation sites excluding steroid dienone is 6. The molecule has 41 heavy (non-hydrogen) atoms. The summed E-state index contributed by atoms with van der Waals surface area (Å²) in [5, 5.41) is 21.2. The smallest absolute Gasteiger partial charge is 0.493 e. The normalized spacial score (nSPS) is 12.6. The van der Waals surface area contributed by atoms with E-state index in [2.05, 4.69) is 26.4 Å². The minimum Gasteiger partial charge on any atom is -0.493 e. The first-order chi connectivity index (χ1) is 18.3. The zero-order chi connectivity index (χ0) is 28.8.